The van der Waals surface area contributed by atoms with Gasteiger partial charge in [0.1, 0.15) is 0 Å². The van der Waals surface area contributed by atoms with Crippen LogP contribution in [0.2, 0.25) is 0 Å². The zero-order chi connectivity index (χ0) is 21.7. The Morgan fingerprint density at radius 1 is 1.17 bits per heavy atom. The first-order valence-electron chi connectivity index (χ1n) is 10.2. The normalized spacial score (nSPS) is 14.4. The molecule has 1 fully saturated rings. The van der Waals surface area contributed by atoms with Crippen LogP contribution in [0.25, 0.3) is 5.69 Å². The summed E-state index contributed by atoms with van der Waals surface area (Å²) in [5.41, 5.74) is 2.43. The van der Waals surface area contributed by atoms with Crippen molar-refractivity contribution >= 4 is 17.8 Å². The fourth-order valence-electron chi connectivity index (χ4n) is 3.53. The molecule has 2 amide bonds. The number of piperidine rings is 1. The minimum atomic E-state index is -0.215. The van der Waals surface area contributed by atoms with E-state index in [-0.39, 0.29) is 30.2 Å². The smallest absolute Gasteiger partial charge is 0.309 e. The number of rotatable bonds is 6. The van der Waals surface area contributed by atoms with Crippen molar-refractivity contribution in [3.63, 3.8) is 0 Å². The van der Waals surface area contributed by atoms with E-state index in [4.69, 9.17) is 4.74 Å². The van der Waals surface area contributed by atoms with Crippen LogP contribution in [-0.2, 0) is 14.3 Å². The van der Waals surface area contributed by atoms with Crippen LogP contribution in [-0.4, -0.2) is 70.7 Å². The van der Waals surface area contributed by atoms with Gasteiger partial charge in [0.25, 0.3) is 5.91 Å². The molecule has 1 aromatic heterocycles. The number of hydrogen-bond donors (Lipinski definition) is 0. The maximum atomic E-state index is 12.7. The van der Waals surface area contributed by atoms with Gasteiger partial charge in [0.05, 0.1) is 31.0 Å². The predicted octanol–water partition coefficient (Wildman–Crippen LogP) is 2.05. The molecule has 1 aromatic carbocycles. The number of aryl methyl sites for hydroxylation is 1. The summed E-state index contributed by atoms with van der Waals surface area (Å²) < 4.78 is 6.81. The Hall–Kier alpha value is -3.16. The van der Waals surface area contributed by atoms with E-state index in [2.05, 4.69) is 5.10 Å². The van der Waals surface area contributed by atoms with Crippen molar-refractivity contribution in [1.29, 1.82) is 0 Å². The van der Waals surface area contributed by atoms with E-state index in [1.54, 1.807) is 41.9 Å². The fourth-order valence-corrected chi connectivity index (χ4v) is 3.53. The van der Waals surface area contributed by atoms with Crippen molar-refractivity contribution in [3.8, 4) is 5.69 Å². The quantitative estimate of drug-likeness (QED) is 0.678. The van der Waals surface area contributed by atoms with Crippen molar-refractivity contribution in [2.24, 2.45) is 5.92 Å². The van der Waals surface area contributed by atoms with Gasteiger partial charge in [-0.15, -0.1) is 0 Å². The first-order chi connectivity index (χ1) is 14.4. The summed E-state index contributed by atoms with van der Waals surface area (Å²) in [4.78, 5) is 40.3. The monoisotopic (exact) mass is 412 g/mol. The number of amides is 2. The molecule has 0 aliphatic carbocycles. The van der Waals surface area contributed by atoms with Gasteiger partial charge in [-0.2, -0.15) is 5.10 Å². The number of carbonyl (C=O) groups is 3. The summed E-state index contributed by atoms with van der Waals surface area (Å²) in [5.74, 6) is -0.666. The highest BCUT2D eigenvalue weighted by Crippen LogP contribution is 2.19. The Morgan fingerprint density at radius 3 is 2.40 bits per heavy atom. The summed E-state index contributed by atoms with van der Waals surface area (Å²) in [7, 11) is 1.62. The second-order valence-corrected chi connectivity index (χ2v) is 7.58. The number of likely N-dealkylation sites (tertiary alicyclic amines) is 1. The van der Waals surface area contributed by atoms with Crippen LogP contribution < -0.4 is 0 Å². The number of ether oxygens (including phenoxy) is 1. The summed E-state index contributed by atoms with van der Waals surface area (Å²) >= 11 is 0. The van der Waals surface area contributed by atoms with Crippen LogP contribution in [0.5, 0.6) is 0 Å². The van der Waals surface area contributed by atoms with Crippen LogP contribution in [0.3, 0.4) is 0 Å². The standard InChI is InChI=1S/C22H28N4O4/c1-4-30-22(29)18-9-11-25(12-10-18)20(27)15-24(3)21(28)17-5-7-19(8-6-17)26-14-16(2)13-23-26/h5-8,13-14,18H,4,9-12,15H2,1-3H3. The highest BCUT2D eigenvalue weighted by molar-refractivity contribution is 5.96. The Kier molecular flexibility index (Phi) is 6.87. The van der Waals surface area contributed by atoms with Crippen LogP contribution >= 0.6 is 0 Å². The molecule has 0 radical (unpaired) electrons. The highest BCUT2D eigenvalue weighted by atomic mass is 16.5. The Labute approximate surface area is 176 Å². The van der Waals surface area contributed by atoms with Crippen LogP contribution in [0.15, 0.2) is 36.7 Å². The minimum absolute atomic E-state index is 0.00298. The molecule has 8 nitrogen and oxygen atoms in total. The lowest BCUT2D eigenvalue weighted by molar-refractivity contribution is -0.151. The second kappa shape index (κ2) is 9.56. The van der Waals surface area contributed by atoms with E-state index in [9.17, 15) is 14.4 Å². The van der Waals surface area contributed by atoms with Gasteiger partial charge in [0, 0.05) is 31.9 Å². The second-order valence-electron chi connectivity index (χ2n) is 7.58. The molecular formula is C22H28N4O4. The Balaban J connectivity index is 1.53. The SMILES string of the molecule is CCOC(=O)C1CCN(C(=O)CN(C)C(=O)c2ccc(-n3cc(C)cn3)cc2)CC1. The first kappa shape index (κ1) is 21.5. The molecule has 0 saturated carbocycles. The van der Waals surface area contributed by atoms with E-state index in [1.165, 1.54) is 4.90 Å². The maximum Gasteiger partial charge on any atom is 0.309 e. The molecule has 0 unspecified atom stereocenters. The number of esters is 1. The lowest BCUT2D eigenvalue weighted by Crippen LogP contribution is -2.45. The number of carbonyl (C=O) groups excluding carboxylic acids is 3. The third-order valence-electron chi connectivity index (χ3n) is 5.28. The minimum Gasteiger partial charge on any atom is -0.466 e. The highest BCUT2D eigenvalue weighted by Gasteiger charge is 2.29. The zero-order valence-corrected chi connectivity index (χ0v) is 17.7. The molecule has 1 aliphatic heterocycles. The van der Waals surface area contributed by atoms with Crippen molar-refractivity contribution in [2.45, 2.75) is 26.7 Å². The lowest BCUT2D eigenvalue weighted by atomic mass is 9.97. The largest absolute Gasteiger partial charge is 0.466 e. The van der Waals surface area contributed by atoms with Gasteiger partial charge < -0.3 is 14.5 Å². The fraction of sp³-hybridized carbons (Fsp3) is 0.455. The summed E-state index contributed by atoms with van der Waals surface area (Å²) in [5, 5.41) is 4.26. The van der Waals surface area contributed by atoms with Crippen molar-refractivity contribution in [2.75, 3.05) is 33.3 Å². The third-order valence-corrected chi connectivity index (χ3v) is 5.28. The molecule has 2 aromatic rings. The van der Waals surface area contributed by atoms with Crippen molar-refractivity contribution in [3.05, 3.63) is 47.8 Å². The van der Waals surface area contributed by atoms with E-state index >= 15 is 0 Å². The summed E-state index contributed by atoms with van der Waals surface area (Å²) in [6.07, 6.45) is 4.87. The van der Waals surface area contributed by atoms with Gasteiger partial charge in [-0.3, -0.25) is 14.4 Å². The third kappa shape index (κ3) is 5.06. The van der Waals surface area contributed by atoms with E-state index in [1.807, 2.05) is 25.3 Å². The lowest BCUT2D eigenvalue weighted by Gasteiger charge is -2.32. The number of nitrogens with zero attached hydrogens (tertiary/aromatic N) is 4. The van der Waals surface area contributed by atoms with E-state index in [0.29, 0.717) is 38.1 Å². The average molecular weight is 412 g/mol. The number of likely N-dealkylation sites (N-methyl/N-ethyl adjacent to an activating group) is 1. The van der Waals surface area contributed by atoms with Gasteiger partial charge in [-0.05, 0) is 56.5 Å². The molecular weight excluding hydrogens is 384 g/mol. The topological polar surface area (TPSA) is 84.7 Å². The number of hydrogen-bond acceptors (Lipinski definition) is 5. The Bertz CT molecular complexity index is 898. The average Bonchev–Trinajstić information content (AvgIpc) is 3.19. The van der Waals surface area contributed by atoms with Gasteiger partial charge in [-0.25, -0.2) is 4.68 Å². The predicted molar refractivity (Wildman–Crippen MR) is 111 cm³/mol. The van der Waals surface area contributed by atoms with Crippen LogP contribution in [0.1, 0.15) is 35.7 Å². The molecule has 1 saturated heterocycles. The van der Waals surface area contributed by atoms with Gasteiger partial charge in [0.15, 0.2) is 0 Å². The van der Waals surface area contributed by atoms with Crippen molar-refractivity contribution in [1.82, 2.24) is 19.6 Å². The summed E-state index contributed by atoms with van der Waals surface area (Å²) in [6, 6.07) is 7.13. The number of benzene rings is 1. The summed E-state index contributed by atoms with van der Waals surface area (Å²) in [6.45, 7) is 5.13. The zero-order valence-electron chi connectivity index (χ0n) is 17.7. The molecule has 30 heavy (non-hydrogen) atoms. The van der Waals surface area contributed by atoms with Gasteiger partial charge in [0.2, 0.25) is 5.91 Å². The molecule has 3 rings (SSSR count). The van der Waals surface area contributed by atoms with Crippen LogP contribution in [0.4, 0.5) is 0 Å². The molecule has 1 aliphatic rings. The van der Waals surface area contributed by atoms with Crippen molar-refractivity contribution < 1.29 is 19.1 Å². The molecule has 0 bridgehead atoms. The van der Waals surface area contributed by atoms with E-state index in [0.717, 1.165) is 11.3 Å². The van der Waals surface area contributed by atoms with Crippen LogP contribution in [0, 0.1) is 12.8 Å². The molecule has 8 heteroatoms. The molecule has 0 N–H and O–H groups in total. The van der Waals surface area contributed by atoms with Gasteiger partial charge in [-0.1, -0.05) is 0 Å². The Morgan fingerprint density at radius 2 is 1.83 bits per heavy atom. The maximum absolute atomic E-state index is 12.7. The number of aromatic nitrogens is 2. The molecule has 0 spiro atoms. The molecule has 0 atom stereocenters. The van der Waals surface area contributed by atoms with E-state index < -0.39 is 0 Å². The first-order valence-corrected chi connectivity index (χ1v) is 10.2. The van der Waals surface area contributed by atoms with Gasteiger partial charge >= 0.3 is 5.97 Å². The molecule has 160 valence electrons. The molecule has 2 heterocycles.